The third kappa shape index (κ3) is 4.60. The van der Waals surface area contributed by atoms with Crippen LogP contribution in [0.5, 0.6) is 0 Å². The monoisotopic (exact) mass is 394 g/mol. The van der Waals surface area contributed by atoms with Crippen LogP contribution in [0.1, 0.15) is 41.4 Å². The number of piperidine rings is 1. The van der Waals surface area contributed by atoms with Crippen molar-refractivity contribution in [3.8, 4) is 0 Å². The van der Waals surface area contributed by atoms with Gasteiger partial charge in [-0.15, -0.1) is 5.10 Å². The SMILES string of the molecule is O=C(NCCCO)c1cn(C2CCCN(Cc3ccnc4ccccc34)C2)nn1. The second-order valence-corrected chi connectivity index (χ2v) is 7.44. The quantitative estimate of drug-likeness (QED) is 0.593. The van der Waals surface area contributed by atoms with Gasteiger partial charge < -0.3 is 10.4 Å². The van der Waals surface area contributed by atoms with E-state index in [1.807, 2.05) is 23.0 Å². The molecule has 0 saturated carbocycles. The Hall–Kier alpha value is -2.84. The smallest absolute Gasteiger partial charge is 0.273 e. The zero-order chi connectivity index (χ0) is 20.1. The maximum Gasteiger partial charge on any atom is 0.273 e. The van der Waals surface area contributed by atoms with Crippen molar-refractivity contribution in [3.63, 3.8) is 0 Å². The van der Waals surface area contributed by atoms with Gasteiger partial charge in [0, 0.05) is 37.8 Å². The number of carbonyl (C=O) groups excluding carboxylic acids is 1. The van der Waals surface area contributed by atoms with Crippen LogP contribution in [0.3, 0.4) is 0 Å². The second-order valence-electron chi connectivity index (χ2n) is 7.44. The number of pyridine rings is 1. The topological polar surface area (TPSA) is 96.2 Å². The van der Waals surface area contributed by atoms with E-state index in [2.05, 4.69) is 43.7 Å². The van der Waals surface area contributed by atoms with Gasteiger partial charge in [0.2, 0.25) is 0 Å². The van der Waals surface area contributed by atoms with Crippen LogP contribution in [-0.2, 0) is 6.54 Å². The van der Waals surface area contributed by atoms with E-state index in [1.54, 1.807) is 6.20 Å². The third-order valence-electron chi connectivity index (χ3n) is 5.35. The van der Waals surface area contributed by atoms with Gasteiger partial charge in [0.05, 0.1) is 17.8 Å². The third-order valence-corrected chi connectivity index (χ3v) is 5.35. The number of fused-ring (bicyclic) bond motifs is 1. The first-order valence-corrected chi connectivity index (χ1v) is 10.1. The minimum atomic E-state index is -0.249. The van der Waals surface area contributed by atoms with E-state index in [4.69, 9.17) is 5.11 Å². The maximum absolute atomic E-state index is 12.1. The first kappa shape index (κ1) is 19.5. The predicted octanol–water partition coefficient (Wildman–Crippen LogP) is 1.78. The Morgan fingerprint density at radius 2 is 2.17 bits per heavy atom. The number of nitrogens with one attached hydrogen (secondary N) is 1. The van der Waals surface area contributed by atoms with Crippen molar-refractivity contribution in [1.29, 1.82) is 0 Å². The van der Waals surface area contributed by atoms with Gasteiger partial charge in [0.25, 0.3) is 5.91 Å². The zero-order valence-electron chi connectivity index (χ0n) is 16.4. The molecule has 1 aliphatic heterocycles. The molecular formula is C21H26N6O2. The fourth-order valence-electron chi connectivity index (χ4n) is 3.86. The van der Waals surface area contributed by atoms with Gasteiger partial charge in [-0.1, -0.05) is 23.4 Å². The van der Waals surface area contributed by atoms with Gasteiger partial charge in [-0.25, -0.2) is 4.68 Å². The highest BCUT2D eigenvalue weighted by Crippen LogP contribution is 2.24. The van der Waals surface area contributed by atoms with E-state index < -0.39 is 0 Å². The number of hydrogen-bond acceptors (Lipinski definition) is 6. The van der Waals surface area contributed by atoms with Crippen molar-refractivity contribution < 1.29 is 9.90 Å². The van der Waals surface area contributed by atoms with Crippen molar-refractivity contribution in [2.45, 2.75) is 31.8 Å². The number of aliphatic hydroxyl groups is 1. The van der Waals surface area contributed by atoms with Gasteiger partial charge in [-0.2, -0.15) is 0 Å². The number of aliphatic hydroxyl groups excluding tert-OH is 1. The number of hydrogen-bond donors (Lipinski definition) is 2. The molecule has 2 N–H and O–H groups in total. The molecule has 0 aliphatic carbocycles. The maximum atomic E-state index is 12.1. The molecule has 0 radical (unpaired) electrons. The summed E-state index contributed by atoms with van der Waals surface area (Å²) in [6.07, 6.45) is 6.22. The van der Waals surface area contributed by atoms with E-state index in [-0.39, 0.29) is 18.6 Å². The predicted molar refractivity (Wildman–Crippen MR) is 109 cm³/mol. The highest BCUT2D eigenvalue weighted by molar-refractivity contribution is 5.91. The molecule has 1 aromatic carbocycles. The lowest BCUT2D eigenvalue weighted by molar-refractivity contribution is 0.0946. The van der Waals surface area contributed by atoms with Crippen LogP contribution in [0, 0.1) is 0 Å². The Kier molecular flexibility index (Phi) is 6.12. The summed E-state index contributed by atoms with van der Waals surface area (Å²) < 4.78 is 1.82. The van der Waals surface area contributed by atoms with Gasteiger partial charge in [-0.3, -0.25) is 14.7 Å². The Balaban J connectivity index is 1.41. The average molecular weight is 394 g/mol. The largest absolute Gasteiger partial charge is 0.396 e. The number of aromatic nitrogens is 4. The molecule has 29 heavy (non-hydrogen) atoms. The fourth-order valence-corrected chi connectivity index (χ4v) is 3.86. The van der Waals surface area contributed by atoms with Crippen LogP contribution < -0.4 is 5.32 Å². The Bertz CT molecular complexity index is 967. The van der Waals surface area contributed by atoms with Crippen molar-refractivity contribution in [3.05, 3.63) is 54.0 Å². The molecule has 3 heterocycles. The van der Waals surface area contributed by atoms with Crippen LogP contribution >= 0.6 is 0 Å². The zero-order valence-corrected chi connectivity index (χ0v) is 16.4. The molecule has 152 valence electrons. The van der Waals surface area contributed by atoms with Gasteiger partial charge in [-0.05, 0) is 43.5 Å². The Morgan fingerprint density at radius 3 is 3.07 bits per heavy atom. The fraction of sp³-hybridized carbons (Fsp3) is 0.429. The first-order chi connectivity index (χ1) is 14.2. The van der Waals surface area contributed by atoms with Crippen LogP contribution in [-0.4, -0.2) is 62.1 Å². The molecule has 1 fully saturated rings. The summed E-state index contributed by atoms with van der Waals surface area (Å²) in [5, 5.41) is 21.0. The molecule has 3 aromatic rings. The summed E-state index contributed by atoms with van der Waals surface area (Å²) in [6.45, 7) is 3.25. The molecule has 0 spiro atoms. The van der Waals surface area contributed by atoms with Crippen LogP contribution in [0.2, 0.25) is 0 Å². The number of rotatable bonds is 7. The highest BCUT2D eigenvalue weighted by Gasteiger charge is 2.24. The lowest BCUT2D eigenvalue weighted by Gasteiger charge is -2.32. The number of carbonyl (C=O) groups is 1. The highest BCUT2D eigenvalue weighted by atomic mass is 16.3. The summed E-state index contributed by atoms with van der Waals surface area (Å²) in [4.78, 5) is 19.0. The normalized spacial score (nSPS) is 17.5. The second kappa shape index (κ2) is 9.11. The minimum Gasteiger partial charge on any atom is -0.396 e. The molecule has 1 amide bonds. The summed E-state index contributed by atoms with van der Waals surface area (Å²) >= 11 is 0. The summed E-state index contributed by atoms with van der Waals surface area (Å²) in [5.74, 6) is -0.249. The molecule has 1 saturated heterocycles. The number of nitrogens with zero attached hydrogens (tertiary/aromatic N) is 5. The van der Waals surface area contributed by atoms with Crippen molar-refractivity contribution in [2.75, 3.05) is 26.2 Å². The summed E-state index contributed by atoms with van der Waals surface area (Å²) in [6, 6.07) is 10.5. The first-order valence-electron chi connectivity index (χ1n) is 10.1. The van der Waals surface area contributed by atoms with Crippen molar-refractivity contribution >= 4 is 16.8 Å². The molecule has 1 aliphatic rings. The van der Waals surface area contributed by atoms with E-state index in [0.717, 1.165) is 38.0 Å². The molecule has 1 unspecified atom stereocenters. The number of para-hydroxylation sites is 1. The average Bonchev–Trinajstić information content (AvgIpc) is 3.25. The molecule has 4 rings (SSSR count). The lowest BCUT2D eigenvalue weighted by atomic mass is 10.0. The van der Waals surface area contributed by atoms with E-state index in [0.29, 0.717) is 18.7 Å². The molecular weight excluding hydrogens is 368 g/mol. The number of likely N-dealkylation sites (tertiary alicyclic amines) is 1. The lowest BCUT2D eigenvalue weighted by Crippen LogP contribution is -2.36. The Morgan fingerprint density at radius 1 is 1.28 bits per heavy atom. The van der Waals surface area contributed by atoms with Crippen LogP contribution in [0.4, 0.5) is 0 Å². The minimum absolute atomic E-state index is 0.0532. The molecule has 0 bridgehead atoms. The van der Waals surface area contributed by atoms with E-state index in [9.17, 15) is 4.79 Å². The molecule has 2 aromatic heterocycles. The number of amides is 1. The van der Waals surface area contributed by atoms with Gasteiger partial charge in [0.15, 0.2) is 5.69 Å². The number of benzene rings is 1. The molecule has 8 nitrogen and oxygen atoms in total. The Labute approximate surface area is 169 Å². The van der Waals surface area contributed by atoms with E-state index >= 15 is 0 Å². The summed E-state index contributed by atoms with van der Waals surface area (Å²) in [7, 11) is 0. The molecule has 8 heteroatoms. The summed E-state index contributed by atoms with van der Waals surface area (Å²) in [5.41, 5.74) is 2.62. The van der Waals surface area contributed by atoms with Gasteiger partial charge in [0.1, 0.15) is 0 Å². The standard InChI is InChI=1S/C21H26N6O2/c28-12-4-9-23-21(29)20-15-27(25-24-20)17-5-3-11-26(14-17)13-16-8-10-22-19-7-2-1-6-18(16)19/h1-2,6-8,10,15,17,28H,3-5,9,11-14H2,(H,23,29). The van der Waals surface area contributed by atoms with Crippen molar-refractivity contribution in [1.82, 2.24) is 30.2 Å². The van der Waals surface area contributed by atoms with Crippen LogP contribution in [0.25, 0.3) is 10.9 Å². The van der Waals surface area contributed by atoms with Gasteiger partial charge >= 0.3 is 0 Å². The van der Waals surface area contributed by atoms with Crippen molar-refractivity contribution in [2.24, 2.45) is 0 Å². The van der Waals surface area contributed by atoms with Crippen LogP contribution in [0.15, 0.2) is 42.7 Å². The van der Waals surface area contributed by atoms with E-state index in [1.165, 1.54) is 10.9 Å². The molecule has 1 atom stereocenters.